The minimum absolute atomic E-state index is 0.0376. The molecule has 4 atom stereocenters. The summed E-state index contributed by atoms with van der Waals surface area (Å²) in [5.41, 5.74) is 0.625. The van der Waals surface area contributed by atoms with Gasteiger partial charge in [-0.3, -0.25) is 49.1 Å². The second-order valence-electron chi connectivity index (χ2n) is 18.1. The Kier molecular flexibility index (Phi) is 14.8. The monoisotopic (exact) mass is 1010 g/mol. The first-order chi connectivity index (χ1) is 34.3. The lowest BCUT2D eigenvalue weighted by atomic mass is 9.55. The van der Waals surface area contributed by atoms with Crippen LogP contribution in [-0.4, -0.2) is 117 Å². The lowest BCUT2D eigenvalue weighted by molar-refractivity contribution is -0.136. The molecule has 5 aliphatic rings. The average molecular weight is 1010 g/mol. The highest BCUT2D eigenvalue weighted by molar-refractivity contribution is 6.31. The van der Waals surface area contributed by atoms with E-state index in [-0.39, 0.29) is 72.7 Å². The second kappa shape index (κ2) is 21.2. The Balaban J connectivity index is 0.705. The minimum Gasteiger partial charge on any atom is -0.382 e. The van der Waals surface area contributed by atoms with Crippen LogP contribution in [0.1, 0.15) is 93.1 Å². The number of halogens is 3. The summed E-state index contributed by atoms with van der Waals surface area (Å²) < 4.78 is 33.0. The number of amides is 7. The topological polar surface area (TPSA) is 223 Å². The van der Waals surface area contributed by atoms with Gasteiger partial charge in [-0.15, -0.1) is 0 Å². The molecule has 7 amide bonds. The van der Waals surface area contributed by atoms with Gasteiger partial charge in [0.05, 0.1) is 61.8 Å². The van der Waals surface area contributed by atoms with Crippen LogP contribution >= 0.6 is 23.2 Å². The zero-order valence-corrected chi connectivity index (χ0v) is 40.0. The van der Waals surface area contributed by atoms with Crippen molar-refractivity contribution in [3.05, 3.63) is 123 Å². The van der Waals surface area contributed by atoms with Gasteiger partial charge in [0.25, 0.3) is 17.7 Å². The van der Waals surface area contributed by atoms with E-state index >= 15 is 4.39 Å². The van der Waals surface area contributed by atoms with Gasteiger partial charge < -0.3 is 35.5 Å². The van der Waals surface area contributed by atoms with Gasteiger partial charge in [-0.05, 0) is 85.0 Å². The largest absolute Gasteiger partial charge is 0.382 e. The highest BCUT2D eigenvalue weighted by atomic mass is 35.5. The highest BCUT2D eigenvalue weighted by Gasteiger charge is 2.72. The molecule has 2 saturated heterocycles. The van der Waals surface area contributed by atoms with Gasteiger partial charge in [0, 0.05) is 58.6 Å². The van der Waals surface area contributed by atoms with E-state index in [1.54, 1.807) is 66.7 Å². The predicted octanol–water partition coefficient (Wildman–Crippen LogP) is 5.71. The summed E-state index contributed by atoms with van der Waals surface area (Å²) in [6.45, 7) is 2.23. The summed E-state index contributed by atoms with van der Waals surface area (Å²) in [5.74, 6) is -5.12. The van der Waals surface area contributed by atoms with Crippen LogP contribution < -0.4 is 31.9 Å². The number of nitrogens with one attached hydrogen (secondary N) is 6. The quantitative estimate of drug-likeness (QED) is 0.0521. The Bertz CT molecular complexity index is 2770. The maximum absolute atomic E-state index is 16.2. The maximum Gasteiger partial charge on any atom is 0.264 e. The van der Waals surface area contributed by atoms with Crippen molar-refractivity contribution in [1.82, 2.24) is 20.9 Å². The van der Waals surface area contributed by atoms with Gasteiger partial charge in [-0.25, -0.2) is 4.39 Å². The SMILES string of the molecule is O=C1CCC(N2C(=O)c3cccc(NCCOCCOCCOCCNC(=O)c4ccc(NC(=O)C5NC6(CCCCC6)C6(C(=O)Nc7cc(Cl)ccc76)C5c5cccc(Cl)c5F)cc4)c3C2=O)C(=O)N1. The molecule has 1 saturated carbocycles. The number of piperidine rings is 1. The molecule has 3 fully saturated rings. The third-order valence-electron chi connectivity index (χ3n) is 14.0. The van der Waals surface area contributed by atoms with E-state index in [0.717, 1.165) is 24.2 Å². The standard InChI is InChI=1S/C51H52Cl2FN7O10/c52-30-12-15-34-37(28-30)58-49(68)51(34)41(33-7-4-8-35(53)42(33)54)43(60-50(51)18-2-1-3-19-50)46(65)57-31-13-10-29(11-14-31)44(63)56-21-23-70-25-27-71-26-24-69-22-20-55-36-9-5-6-32-40(36)48(67)61(47(32)66)38-16-17-39(62)59-45(38)64/h4-15,28,38,41,43,55,60H,1-3,16-27H2,(H,56,63)(H,57,65)(H,58,68)(H,59,62,64). The molecule has 372 valence electrons. The fourth-order valence-electron chi connectivity index (χ4n) is 10.9. The Morgan fingerprint density at radius 2 is 1.49 bits per heavy atom. The number of anilines is 3. The maximum atomic E-state index is 16.2. The summed E-state index contributed by atoms with van der Waals surface area (Å²) >= 11 is 12.8. The first kappa shape index (κ1) is 49.7. The van der Waals surface area contributed by atoms with Crippen molar-refractivity contribution in [3.63, 3.8) is 0 Å². The van der Waals surface area contributed by atoms with E-state index in [2.05, 4.69) is 31.9 Å². The van der Waals surface area contributed by atoms with Crippen molar-refractivity contribution < 1.29 is 52.2 Å². The van der Waals surface area contributed by atoms with E-state index in [9.17, 15) is 33.6 Å². The molecule has 6 N–H and O–H groups in total. The number of fused-ring (bicyclic) bond motifs is 4. The van der Waals surface area contributed by atoms with Crippen LogP contribution in [-0.2, 0) is 38.8 Å². The van der Waals surface area contributed by atoms with Gasteiger partial charge in [0.2, 0.25) is 23.6 Å². The lowest BCUT2D eigenvalue weighted by Crippen LogP contribution is -2.60. The lowest BCUT2D eigenvalue weighted by Gasteiger charge is -2.47. The molecule has 17 nitrogen and oxygen atoms in total. The Hall–Kier alpha value is -6.28. The summed E-state index contributed by atoms with van der Waals surface area (Å²) in [5, 5.41) is 18.0. The van der Waals surface area contributed by atoms with Crippen molar-refractivity contribution in [2.24, 2.45) is 0 Å². The van der Waals surface area contributed by atoms with E-state index in [4.69, 9.17) is 37.4 Å². The molecule has 4 unspecified atom stereocenters. The van der Waals surface area contributed by atoms with Gasteiger partial charge >= 0.3 is 0 Å². The number of carbonyl (C=O) groups is 7. The zero-order valence-electron chi connectivity index (χ0n) is 38.5. The third-order valence-corrected chi connectivity index (χ3v) is 14.6. The number of nitrogens with zero attached hydrogens (tertiary/aromatic N) is 1. The van der Waals surface area contributed by atoms with Gasteiger partial charge in [-0.1, -0.05) is 66.7 Å². The number of hydrogen-bond acceptors (Lipinski definition) is 12. The van der Waals surface area contributed by atoms with Crippen LogP contribution in [0.25, 0.3) is 0 Å². The van der Waals surface area contributed by atoms with Crippen molar-refractivity contribution in [1.29, 1.82) is 0 Å². The smallest absolute Gasteiger partial charge is 0.264 e. The second-order valence-corrected chi connectivity index (χ2v) is 18.9. The van der Waals surface area contributed by atoms with E-state index < -0.39 is 64.3 Å². The molecule has 1 aliphatic carbocycles. The summed E-state index contributed by atoms with van der Waals surface area (Å²) in [4.78, 5) is 93.3. The molecule has 71 heavy (non-hydrogen) atoms. The Labute approximate surface area is 418 Å². The number of imide groups is 2. The molecule has 4 aromatic rings. The van der Waals surface area contributed by atoms with Crippen molar-refractivity contribution >= 4 is 81.6 Å². The molecule has 9 rings (SSSR count). The minimum atomic E-state index is -1.37. The fourth-order valence-corrected chi connectivity index (χ4v) is 11.3. The zero-order chi connectivity index (χ0) is 49.9. The molecule has 0 bridgehead atoms. The Morgan fingerprint density at radius 1 is 0.789 bits per heavy atom. The molecular formula is C51H52Cl2FN7O10. The van der Waals surface area contributed by atoms with Crippen LogP contribution in [0, 0.1) is 5.82 Å². The van der Waals surface area contributed by atoms with Gasteiger partial charge in [0.1, 0.15) is 17.3 Å². The summed E-state index contributed by atoms with van der Waals surface area (Å²) in [7, 11) is 0. The van der Waals surface area contributed by atoms with Crippen LogP contribution in [0.15, 0.2) is 78.9 Å². The predicted molar refractivity (Wildman–Crippen MR) is 260 cm³/mol. The number of rotatable bonds is 18. The van der Waals surface area contributed by atoms with Crippen molar-refractivity contribution in [2.45, 2.75) is 73.9 Å². The van der Waals surface area contributed by atoms with Gasteiger partial charge in [0.15, 0.2) is 0 Å². The molecule has 4 aromatic carbocycles. The molecule has 0 aromatic heterocycles. The van der Waals surface area contributed by atoms with Crippen molar-refractivity contribution in [2.75, 3.05) is 68.7 Å². The number of hydrogen-bond donors (Lipinski definition) is 6. The van der Waals surface area contributed by atoms with Crippen LogP contribution in [0.5, 0.6) is 0 Å². The molecule has 2 spiro atoms. The van der Waals surface area contributed by atoms with E-state index in [1.165, 1.54) is 12.1 Å². The first-order valence-electron chi connectivity index (χ1n) is 23.7. The summed E-state index contributed by atoms with van der Waals surface area (Å²) in [6.07, 6.45) is 3.85. The number of ether oxygens (including phenoxy) is 3. The first-order valence-corrected chi connectivity index (χ1v) is 24.4. The summed E-state index contributed by atoms with van der Waals surface area (Å²) in [6, 6.07) is 19.0. The fraction of sp³-hybridized carbons (Fsp3) is 0.392. The third kappa shape index (κ3) is 9.52. The molecule has 4 aliphatic heterocycles. The normalized spacial score (nSPS) is 22.1. The van der Waals surface area contributed by atoms with E-state index in [0.29, 0.717) is 72.4 Å². The molecule has 4 heterocycles. The van der Waals surface area contributed by atoms with Gasteiger partial charge in [-0.2, -0.15) is 0 Å². The van der Waals surface area contributed by atoms with Crippen LogP contribution in [0.3, 0.4) is 0 Å². The molecule has 0 radical (unpaired) electrons. The van der Waals surface area contributed by atoms with Crippen LogP contribution in [0.4, 0.5) is 21.5 Å². The van der Waals surface area contributed by atoms with Crippen LogP contribution in [0.2, 0.25) is 10.0 Å². The number of carbonyl (C=O) groups excluding carboxylic acids is 7. The molecule has 20 heteroatoms. The number of benzene rings is 4. The van der Waals surface area contributed by atoms with E-state index in [1.807, 2.05) is 0 Å². The van der Waals surface area contributed by atoms with Crippen molar-refractivity contribution in [3.8, 4) is 0 Å². The highest BCUT2D eigenvalue weighted by Crippen LogP contribution is 2.63. The molecular weight excluding hydrogens is 961 g/mol. The Morgan fingerprint density at radius 3 is 2.23 bits per heavy atom. The average Bonchev–Trinajstić information content (AvgIpc) is 3.91.